The number of aromatic amines is 1. The van der Waals surface area contributed by atoms with E-state index >= 15 is 0 Å². The lowest BCUT2D eigenvalue weighted by Crippen LogP contribution is -2.32. The summed E-state index contributed by atoms with van der Waals surface area (Å²) in [6.45, 7) is 0.442. The van der Waals surface area contributed by atoms with E-state index < -0.39 is 0 Å². The van der Waals surface area contributed by atoms with Crippen LogP contribution < -0.4 is 10.2 Å². The summed E-state index contributed by atoms with van der Waals surface area (Å²) in [4.78, 5) is 34.6. The first-order valence-corrected chi connectivity index (χ1v) is 9.92. The van der Waals surface area contributed by atoms with Crippen LogP contribution in [0.5, 0.6) is 0 Å². The molecule has 1 saturated heterocycles. The molecule has 1 atom stereocenters. The van der Waals surface area contributed by atoms with Gasteiger partial charge in [-0.3, -0.25) is 24.4 Å². The summed E-state index contributed by atoms with van der Waals surface area (Å²) in [5, 5.41) is 26.1. The van der Waals surface area contributed by atoms with E-state index in [1.807, 2.05) is 30.3 Å². The summed E-state index contributed by atoms with van der Waals surface area (Å²) >= 11 is 1.39. The van der Waals surface area contributed by atoms with E-state index in [4.69, 9.17) is 9.90 Å². The standard InChI is InChI=1S/C18H18N6O2S.CH2O2/c25-16-9-13(17(26)19-10-14-6-7-20-21-14)11-24(16)18-23-22-15(27-18)8-12-4-2-1-3-5-12;2-1-3/h1-7,13H,8-11H2,(H,19,26)(H,20,21);1H,(H,2,3). The Morgan fingerprint density at radius 1 is 1.30 bits per heavy atom. The van der Waals surface area contributed by atoms with Crippen molar-refractivity contribution < 1.29 is 19.5 Å². The molecule has 0 spiro atoms. The van der Waals surface area contributed by atoms with Gasteiger partial charge in [0, 0.05) is 25.6 Å². The molecule has 156 valence electrons. The predicted octanol–water partition coefficient (Wildman–Crippen LogP) is 1.22. The molecule has 1 aromatic carbocycles. The number of anilines is 1. The molecule has 0 bridgehead atoms. The third-order valence-corrected chi connectivity index (χ3v) is 5.34. The van der Waals surface area contributed by atoms with Crippen LogP contribution in [0.25, 0.3) is 0 Å². The van der Waals surface area contributed by atoms with Gasteiger partial charge in [0.25, 0.3) is 6.47 Å². The van der Waals surface area contributed by atoms with Crippen molar-refractivity contribution in [3.05, 3.63) is 58.9 Å². The fourth-order valence-electron chi connectivity index (χ4n) is 2.97. The Labute approximate surface area is 175 Å². The molecule has 4 rings (SSSR count). The van der Waals surface area contributed by atoms with Gasteiger partial charge in [0.05, 0.1) is 18.2 Å². The Morgan fingerprint density at radius 2 is 2.07 bits per heavy atom. The van der Waals surface area contributed by atoms with Crippen molar-refractivity contribution in [2.45, 2.75) is 19.4 Å². The molecule has 1 aliphatic rings. The molecule has 0 radical (unpaired) electrons. The van der Waals surface area contributed by atoms with Gasteiger partial charge in [-0.1, -0.05) is 41.7 Å². The minimum Gasteiger partial charge on any atom is -0.483 e. The fraction of sp³-hybridized carbons (Fsp3) is 0.263. The van der Waals surface area contributed by atoms with Crippen LogP contribution in [-0.2, 0) is 27.3 Å². The fourth-order valence-corrected chi connectivity index (χ4v) is 3.87. The Morgan fingerprint density at radius 3 is 2.77 bits per heavy atom. The zero-order valence-electron chi connectivity index (χ0n) is 15.9. The van der Waals surface area contributed by atoms with E-state index in [1.54, 1.807) is 17.2 Å². The van der Waals surface area contributed by atoms with Crippen molar-refractivity contribution in [3.8, 4) is 0 Å². The van der Waals surface area contributed by atoms with Crippen LogP contribution in [-0.4, -0.2) is 50.3 Å². The van der Waals surface area contributed by atoms with Crippen molar-refractivity contribution in [2.24, 2.45) is 5.92 Å². The molecular weight excluding hydrogens is 408 g/mol. The summed E-state index contributed by atoms with van der Waals surface area (Å²) < 4.78 is 0. The smallest absolute Gasteiger partial charge is 0.290 e. The molecule has 11 heteroatoms. The van der Waals surface area contributed by atoms with Gasteiger partial charge in [-0.25, -0.2) is 0 Å². The van der Waals surface area contributed by atoms with Gasteiger partial charge in [0.2, 0.25) is 16.9 Å². The van der Waals surface area contributed by atoms with E-state index in [1.165, 1.54) is 11.3 Å². The maximum Gasteiger partial charge on any atom is 0.290 e. The topological polar surface area (TPSA) is 141 Å². The minimum atomic E-state index is -0.387. The number of hydrogen-bond donors (Lipinski definition) is 3. The summed E-state index contributed by atoms with van der Waals surface area (Å²) in [7, 11) is 0. The Hall–Kier alpha value is -3.60. The van der Waals surface area contributed by atoms with Crippen molar-refractivity contribution in [1.29, 1.82) is 0 Å². The largest absolute Gasteiger partial charge is 0.483 e. The van der Waals surface area contributed by atoms with Crippen LogP contribution >= 0.6 is 11.3 Å². The number of hydrogen-bond acceptors (Lipinski definition) is 7. The van der Waals surface area contributed by atoms with Crippen LogP contribution in [0.3, 0.4) is 0 Å². The van der Waals surface area contributed by atoms with Crippen LogP contribution in [0.15, 0.2) is 42.6 Å². The Kier molecular flexibility index (Phi) is 7.22. The van der Waals surface area contributed by atoms with Crippen LogP contribution in [0.1, 0.15) is 22.7 Å². The molecule has 1 unspecified atom stereocenters. The van der Waals surface area contributed by atoms with Gasteiger partial charge < -0.3 is 10.4 Å². The first kappa shape index (κ1) is 21.1. The lowest BCUT2D eigenvalue weighted by molar-refractivity contribution is -0.126. The number of carbonyl (C=O) groups excluding carboxylic acids is 2. The number of benzene rings is 1. The van der Waals surface area contributed by atoms with Gasteiger partial charge >= 0.3 is 0 Å². The van der Waals surface area contributed by atoms with E-state index in [0.717, 1.165) is 16.3 Å². The highest BCUT2D eigenvalue weighted by molar-refractivity contribution is 7.15. The minimum absolute atomic E-state index is 0.0981. The Bertz CT molecular complexity index is 976. The number of carboxylic acid groups (broad SMARTS) is 1. The summed E-state index contributed by atoms with van der Waals surface area (Å²) in [5.41, 5.74) is 1.96. The molecule has 3 heterocycles. The molecule has 1 aliphatic heterocycles. The second kappa shape index (κ2) is 10.3. The third kappa shape index (κ3) is 5.47. The number of nitrogens with zero attached hydrogens (tertiary/aromatic N) is 4. The molecule has 0 aliphatic carbocycles. The highest BCUT2D eigenvalue weighted by atomic mass is 32.1. The van der Waals surface area contributed by atoms with Gasteiger partial charge in [0.15, 0.2) is 0 Å². The number of carbonyl (C=O) groups is 3. The zero-order chi connectivity index (χ0) is 21.3. The lowest BCUT2D eigenvalue weighted by atomic mass is 10.1. The van der Waals surface area contributed by atoms with Crippen LogP contribution in [0.2, 0.25) is 0 Å². The maximum absolute atomic E-state index is 12.4. The first-order chi connectivity index (χ1) is 14.6. The van der Waals surface area contributed by atoms with Crippen molar-refractivity contribution in [3.63, 3.8) is 0 Å². The van der Waals surface area contributed by atoms with E-state index in [9.17, 15) is 9.59 Å². The monoisotopic (exact) mass is 428 g/mol. The van der Waals surface area contributed by atoms with E-state index in [-0.39, 0.29) is 30.6 Å². The number of aromatic nitrogens is 4. The summed E-state index contributed by atoms with van der Waals surface area (Å²) in [5.74, 6) is -0.629. The van der Waals surface area contributed by atoms with Gasteiger partial charge in [-0.15, -0.1) is 10.2 Å². The molecule has 2 amide bonds. The molecule has 0 saturated carbocycles. The molecule has 2 aromatic heterocycles. The Balaban J connectivity index is 0.000000806. The number of H-pyrrole nitrogens is 1. The average Bonchev–Trinajstić information content (AvgIpc) is 3.49. The number of rotatable bonds is 6. The van der Waals surface area contributed by atoms with E-state index in [0.29, 0.717) is 24.6 Å². The van der Waals surface area contributed by atoms with Crippen molar-refractivity contribution >= 4 is 34.8 Å². The number of amides is 2. The first-order valence-electron chi connectivity index (χ1n) is 9.11. The number of nitrogens with one attached hydrogen (secondary N) is 2. The maximum atomic E-state index is 12.4. The van der Waals surface area contributed by atoms with Gasteiger partial charge in [-0.05, 0) is 11.6 Å². The molecule has 3 N–H and O–H groups in total. The molecule has 1 fully saturated rings. The molecular formula is C19H20N6O4S. The van der Waals surface area contributed by atoms with Gasteiger partial charge in [0.1, 0.15) is 5.01 Å². The summed E-state index contributed by atoms with van der Waals surface area (Å²) in [6.07, 6.45) is 2.49. The second-order valence-electron chi connectivity index (χ2n) is 6.45. The molecule has 30 heavy (non-hydrogen) atoms. The van der Waals surface area contributed by atoms with Crippen molar-refractivity contribution in [1.82, 2.24) is 25.7 Å². The normalized spacial score (nSPS) is 15.4. The van der Waals surface area contributed by atoms with Crippen molar-refractivity contribution in [2.75, 3.05) is 11.4 Å². The van der Waals surface area contributed by atoms with Crippen LogP contribution in [0, 0.1) is 5.92 Å². The predicted molar refractivity (Wildman–Crippen MR) is 109 cm³/mol. The third-order valence-electron chi connectivity index (χ3n) is 4.39. The van der Waals surface area contributed by atoms with Gasteiger partial charge in [-0.2, -0.15) is 5.10 Å². The lowest BCUT2D eigenvalue weighted by Gasteiger charge is -2.12. The second-order valence-corrected chi connectivity index (χ2v) is 7.49. The SMILES string of the molecule is O=C(NCc1ccn[nH]1)C1CC(=O)N(c2nnc(Cc3ccccc3)s2)C1.O=CO. The van der Waals surface area contributed by atoms with E-state index in [2.05, 4.69) is 25.7 Å². The highest BCUT2D eigenvalue weighted by Gasteiger charge is 2.36. The zero-order valence-corrected chi connectivity index (χ0v) is 16.7. The molecule has 3 aromatic rings. The molecule has 10 nitrogen and oxygen atoms in total. The highest BCUT2D eigenvalue weighted by Crippen LogP contribution is 2.28. The average molecular weight is 428 g/mol. The quantitative estimate of drug-likeness (QED) is 0.501. The summed E-state index contributed by atoms with van der Waals surface area (Å²) in [6, 6.07) is 11.8. The van der Waals surface area contributed by atoms with Crippen LogP contribution in [0.4, 0.5) is 5.13 Å².